The Bertz CT molecular complexity index is 554. The molecule has 1 aromatic heterocycles. The van der Waals surface area contributed by atoms with E-state index in [4.69, 9.17) is 4.74 Å². The van der Waals surface area contributed by atoms with Crippen LogP contribution in [0.4, 0.5) is 0 Å². The summed E-state index contributed by atoms with van der Waals surface area (Å²) in [4.78, 5) is 25.3. The molecule has 1 amide bonds. The predicted molar refractivity (Wildman–Crippen MR) is 62.0 cm³/mol. The predicted octanol–water partition coefficient (Wildman–Crippen LogP) is -0.700. The van der Waals surface area contributed by atoms with Crippen LogP contribution in [0.5, 0.6) is 5.75 Å². The van der Waals surface area contributed by atoms with Crippen molar-refractivity contribution in [2.45, 2.75) is 12.6 Å². The number of nitrogens with one attached hydrogen (secondary N) is 1. The van der Waals surface area contributed by atoms with Crippen molar-refractivity contribution >= 4 is 5.91 Å². The molecule has 2 aliphatic heterocycles. The van der Waals surface area contributed by atoms with Crippen LogP contribution in [-0.4, -0.2) is 46.5 Å². The van der Waals surface area contributed by atoms with Gasteiger partial charge in [0.25, 0.3) is 5.91 Å². The maximum atomic E-state index is 12.3. The van der Waals surface area contributed by atoms with Crippen LogP contribution in [0.3, 0.4) is 0 Å². The molecule has 0 unspecified atom stereocenters. The van der Waals surface area contributed by atoms with Crippen molar-refractivity contribution in [3.8, 4) is 5.75 Å². The molecule has 1 saturated heterocycles. The van der Waals surface area contributed by atoms with Crippen molar-refractivity contribution in [1.29, 1.82) is 0 Å². The summed E-state index contributed by atoms with van der Waals surface area (Å²) in [5.41, 5.74) is 2.51. The molecule has 1 atom stereocenters. The minimum atomic E-state index is -0.555. The van der Waals surface area contributed by atoms with Crippen molar-refractivity contribution in [3.05, 3.63) is 28.2 Å². The number of fused-ring (bicyclic) bond motifs is 2. The van der Waals surface area contributed by atoms with E-state index in [1.165, 1.54) is 16.9 Å². The van der Waals surface area contributed by atoms with Crippen LogP contribution in [0, 0.1) is 0 Å². The van der Waals surface area contributed by atoms with Crippen LogP contribution < -0.4 is 10.9 Å². The van der Waals surface area contributed by atoms with Crippen molar-refractivity contribution in [2.75, 3.05) is 25.2 Å². The zero-order valence-electron chi connectivity index (χ0n) is 9.63. The summed E-state index contributed by atoms with van der Waals surface area (Å²) in [6, 6.07) is 1.22. The zero-order chi connectivity index (χ0) is 12.7. The van der Waals surface area contributed by atoms with Gasteiger partial charge in [0.15, 0.2) is 11.4 Å². The topological polar surface area (TPSA) is 83.8 Å². The van der Waals surface area contributed by atoms with Gasteiger partial charge in [-0.25, -0.2) is 0 Å². The smallest absolute Gasteiger partial charge is 0.278 e. The third kappa shape index (κ3) is 1.55. The molecule has 1 fully saturated rings. The first-order chi connectivity index (χ1) is 8.68. The number of carbonyl (C=O) groups excluding carboxylic acids is 1. The maximum Gasteiger partial charge on any atom is 0.278 e. The number of carbonyl (C=O) groups is 1. The number of aromatic nitrogens is 1. The number of aromatic hydroxyl groups is 1. The first-order valence-electron chi connectivity index (χ1n) is 5.78. The van der Waals surface area contributed by atoms with E-state index in [1.54, 1.807) is 4.90 Å². The SMILES string of the molecule is O=C1c2c(O)c(=O)ccn2N[C@@H]2CCOCCN12. The Morgan fingerprint density at radius 1 is 1.39 bits per heavy atom. The van der Waals surface area contributed by atoms with E-state index in [2.05, 4.69) is 5.43 Å². The summed E-state index contributed by atoms with van der Waals surface area (Å²) in [5.74, 6) is -0.863. The number of ether oxygens (including phenoxy) is 1. The quantitative estimate of drug-likeness (QED) is 0.637. The van der Waals surface area contributed by atoms with Gasteiger partial charge in [-0.3, -0.25) is 14.3 Å². The summed E-state index contributed by atoms with van der Waals surface area (Å²) in [5, 5.41) is 9.72. The van der Waals surface area contributed by atoms with Crippen molar-refractivity contribution in [2.24, 2.45) is 0 Å². The molecule has 7 heteroatoms. The van der Waals surface area contributed by atoms with Crippen LogP contribution in [0.2, 0.25) is 0 Å². The van der Waals surface area contributed by atoms with Crippen LogP contribution in [0.15, 0.2) is 17.1 Å². The average Bonchev–Trinajstić information content (AvgIpc) is 2.59. The second kappa shape index (κ2) is 4.02. The van der Waals surface area contributed by atoms with Gasteiger partial charge in [0.1, 0.15) is 6.17 Å². The van der Waals surface area contributed by atoms with Crippen molar-refractivity contribution < 1.29 is 14.6 Å². The molecule has 3 heterocycles. The number of pyridine rings is 1. The summed E-state index contributed by atoms with van der Waals surface area (Å²) in [7, 11) is 0. The molecule has 1 aromatic rings. The highest BCUT2D eigenvalue weighted by Crippen LogP contribution is 2.21. The summed E-state index contributed by atoms with van der Waals surface area (Å²) >= 11 is 0. The van der Waals surface area contributed by atoms with Gasteiger partial charge in [0, 0.05) is 25.2 Å². The van der Waals surface area contributed by atoms with Gasteiger partial charge in [0.2, 0.25) is 5.43 Å². The number of hydrogen-bond donors (Lipinski definition) is 2. The number of nitrogens with zero attached hydrogens (tertiary/aromatic N) is 2. The first-order valence-corrected chi connectivity index (χ1v) is 5.78. The lowest BCUT2D eigenvalue weighted by atomic mass is 10.2. The van der Waals surface area contributed by atoms with Crippen molar-refractivity contribution in [3.63, 3.8) is 0 Å². The third-order valence-corrected chi connectivity index (χ3v) is 3.21. The van der Waals surface area contributed by atoms with Gasteiger partial charge >= 0.3 is 0 Å². The fourth-order valence-corrected chi connectivity index (χ4v) is 2.28. The average molecular weight is 251 g/mol. The normalized spacial score (nSPS) is 22.8. The van der Waals surface area contributed by atoms with E-state index in [0.717, 1.165) is 0 Å². The lowest BCUT2D eigenvalue weighted by Crippen LogP contribution is -2.54. The highest BCUT2D eigenvalue weighted by atomic mass is 16.5. The summed E-state index contributed by atoms with van der Waals surface area (Å²) in [6.07, 6.45) is 1.95. The Morgan fingerprint density at radius 3 is 3.06 bits per heavy atom. The van der Waals surface area contributed by atoms with Gasteiger partial charge < -0.3 is 20.2 Å². The van der Waals surface area contributed by atoms with Gasteiger partial charge in [0.05, 0.1) is 13.2 Å². The van der Waals surface area contributed by atoms with Gasteiger partial charge in [-0.2, -0.15) is 0 Å². The molecule has 0 aliphatic carbocycles. The molecule has 0 aromatic carbocycles. The van der Waals surface area contributed by atoms with E-state index in [0.29, 0.717) is 26.2 Å². The van der Waals surface area contributed by atoms with Crippen LogP contribution in [0.25, 0.3) is 0 Å². The Kier molecular flexibility index (Phi) is 2.48. The Balaban J connectivity index is 2.09. The molecule has 96 valence electrons. The minimum Gasteiger partial charge on any atom is -0.502 e. The second-order valence-corrected chi connectivity index (χ2v) is 4.29. The van der Waals surface area contributed by atoms with E-state index < -0.39 is 11.2 Å². The largest absolute Gasteiger partial charge is 0.502 e. The van der Waals surface area contributed by atoms with Gasteiger partial charge in [-0.05, 0) is 0 Å². The molecular weight excluding hydrogens is 238 g/mol. The molecule has 3 rings (SSSR count). The van der Waals surface area contributed by atoms with Gasteiger partial charge in [-0.1, -0.05) is 0 Å². The monoisotopic (exact) mass is 251 g/mol. The third-order valence-electron chi connectivity index (χ3n) is 3.21. The molecular formula is C11H13N3O4. The second-order valence-electron chi connectivity index (χ2n) is 4.29. The van der Waals surface area contributed by atoms with E-state index in [-0.39, 0.29) is 17.8 Å². The Hall–Kier alpha value is -2.02. The molecule has 18 heavy (non-hydrogen) atoms. The van der Waals surface area contributed by atoms with E-state index in [1.807, 2.05) is 0 Å². The molecule has 0 radical (unpaired) electrons. The van der Waals surface area contributed by atoms with Crippen LogP contribution in [-0.2, 0) is 4.74 Å². The highest BCUT2D eigenvalue weighted by molar-refractivity contribution is 5.96. The fraction of sp³-hybridized carbons (Fsp3) is 0.455. The number of amides is 1. The van der Waals surface area contributed by atoms with E-state index in [9.17, 15) is 14.7 Å². The molecule has 0 saturated carbocycles. The zero-order valence-corrected chi connectivity index (χ0v) is 9.63. The minimum absolute atomic E-state index is 0.0133. The molecule has 2 N–H and O–H groups in total. The van der Waals surface area contributed by atoms with Crippen LogP contribution in [0.1, 0.15) is 16.9 Å². The lowest BCUT2D eigenvalue weighted by molar-refractivity contribution is 0.0633. The fourth-order valence-electron chi connectivity index (χ4n) is 2.28. The number of rotatable bonds is 0. The first kappa shape index (κ1) is 11.1. The van der Waals surface area contributed by atoms with Crippen LogP contribution >= 0.6 is 0 Å². The molecule has 0 spiro atoms. The molecule has 7 nitrogen and oxygen atoms in total. The standard InChI is InChI=1S/C11H13N3O4/c15-7-1-3-14-9(10(7)16)11(17)13-4-6-18-5-2-8(13)12-14/h1,3,8,12,16H,2,4-6H2/t8-/m0/s1. The molecule has 0 bridgehead atoms. The summed E-state index contributed by atoms with van der Waals surface area (Å²) < 4.78 is 6.73. The highest BCUT2D eigenvalue weighted by Gasteiger charge is 2.35. The molecule has 2 aliphatic rings. The van der Waals surface area contributed by atoms with Gasteiger partial charge in [-0.15, -0.1) is 0 Å². The summed E-state index contributed by atoms with van der Waals surface area (Å²) in [6.45, 7) is 1.48. The van der Waals surface area contributed by atoms with Crippen molar-refractivity contribution in [1.82, 2.24) is 9.58 Å². The maximum absolute atomic E-state index is 12.3. The Morgan fingerprint density at radius 2 is 2.22 bits per heavy atom. The van der Waals surface area contributed by atoms with E-state index >= 15 is 0 Å². The lowest BCUT2D eigenvalue weighted by Gasteiger charge is -2.37. The number of hydrogen-bond acceptors (Lipinski definition) is 5. The Labute approximate surface area is 103 Å².